The van der Waals surface area contributed by atoms with E-state index in [0.717, 1.165) is 54.9 Å². The number of para-hydroxylation sites is 1. The summed E-state index contributed by atoms with van der Waals surface area (Å²) in [6.07, 6.45) is 0. The number of aromatic nitrogens is 4. The Bertz CT molecular complexity index is 2400. The van der Waals surface area contributed by atoms with Gasteiger partial charge in [0.2, 0.25) is 5.95 Å². The van der Waals surface area contributed by atoms with Crippen LogP contribution in [-0.2, 0) is 0 Å². The van der Waals surface area contributed by atoms with E-state index in [-0.39, 0.29) is 0 Å². The number of hydrogen-bond acceptors (Lipinski definition) is 4. The van der Waals surface area contributed by atoms with Crippen LogP contribution in [0.5, 0.6) is 0 Å². The first kappa shape index (κ1) is 22.9. The van der Waals surface area contributed by atoms with Gasteiger partial charge in [-0.3, -0.25) is 4.57 Å². The first-order chi connectivity index (χ1) is 20.8. The van der Waals surface area contributed by atoms with E-state index in [1.165, 1.54) is 10.8 Å². The van der Waals surface area contributed by atoms with Crippen LogP contribution >= 0.6 is 0 Å². The van der Waals surface area contributed by atoms with Crippen LogP contribution in [0.3, 0.4) is 0 Å². The van der Waals surface area contributed by atoms with E-state index in [2.05, 4.69) is 65.2 Å². The predicted molar refractivity (Wildman–Crippen MR) is 170 cm³/mol. The Hall–Kier alpha value is -5.81. The lowest BCUT2D eigenvalue weighted by molar-refractivity contribution is 0.670. The van der Waals surface area contributed by atoms with Crippen molar-refractivity contribution in [3.63, 3.8) is 0 Å². The van der Waals surface area contributed by atoms with E-state index in [1.54, 1.807) is 0 Å². The first-order valence-corrected chi connectivity index (χ1v) is 14.0. The number of nitrogens with zero attached hydrogens (tertiary/aromatic N) is 4. The maximum Gasteiger partial charge on any atom is 0.238 e. The highest BCUT2D eigenvalue weighted by Gasteiger charge is 2.23. The molecule has 0 N–H and O–H groups in total. The molecule has 196 valence electrons. The Morgan fingerprint density at radius 2 is 1.10 bits per heavy atom. The van der Waals surface area contributed by atoms with Crippen LogP contribution < -0.4 is 0 Å². The summed E-state index contributed by atoms with van der Waals surface area (Å²) in [5, 5.41) is 6.74. The number of furan rings is 1. The first-order valence-electron chi connectivity index (χ1n) is 14.0. The van der Waals surface area contributed by atoms with Crippen LogP contribution in [0.2, 0.25) is 0 Å². The molecule has 0 atom stereocenters. The lowest BCUT2D eigenvalue weighted by atomic mass is 10.0. The molecule has 5 heteroatoms. The summed E-state index contributed by atoms with van der Waals surface area (Å²) in [5.41, 5.74) is 5.49. The lowest BCUT2D eigenvalue weighted by Crippen LogP contribution is -2.06. The van der Waals surface area contributed by atoms with Gasteiger partial charge in [-0.25, -0.2) is 4.98 Å². The van der Waals surface area contributed by atoms with E-state index >= 15 is 0 Å². The molecule has 5 nitrogen and oxygen atoms in total. The summed E-state index contributed by atoms with van der Waals surface area (Å²) < 4.78 is 8.76. The maximum atomic E-state index is 6.61. The highest BCUT2D eigenvalue weighted by Crippen LogP contribution is 2.42. The molecule has 0 saturated carbocycles. The zero-order valence-electron chi connectivity index (χ0n) is 22.4. The van der Waals surface area contributed by atoms with Gasteiger partial charge in [-0.2, -0.15) is 9.97 Å². The van der Waals surface area contributed by atoms with Crippen LogP contribution in [-0.4, -0.2) is 19.5 Å². The van der Waals surface area contributed by atoms with E-state index in [4.69, 9.17) is 19.4 Å². The topological polar surface area (TPSA) is 56.7 Å². The minimum Gasteiger partial charge on any atom is -0.454 e. The Morgan fingerprint density at radius 1 is 0.476 bits per heavy atom. The quantitative estimate of drug-likeness (QED) is 0.225. The van der Waals surface area contributed by atoms with Crippen molar-refractivity contribution in [2.45, 2.75) is 0 Å². The fourth-order valence-electron chi connectivity index (χ4n) is 6.15. The Kier molecular flexibility index (Phi) is 4.83. The normalized spacial score (nSPS) is 11.8. The molecule has 9 rings (SSSR count). The maximum absolute atomic E-state index is 6.61. The second-order valence-corrected chi connectivity index (χ2v) is 10.5. The van der Waals surface area contributed by atoms with Gasteiger partial charge in [0.05, 0.1) is 5.52 Å². The van der Waals surface area contributed by atoms with Gasteiger partial charge in [0.25, 0.3) is 0 Å². The molecule has 0 unspecified atom stereocenters. The van der Waals surface area contributed by atoms with Crippen molar-refractivity contribution >= 4 is 54.5 Å². The Labute approximate surface area is 240 Å². The Morgan fingerprint density at radius 3 is 1.83 bits per heavy atom. The summed E-state index contributed by atoms with van der Waals surface area (Å²) >= 11 is 0. The zero-order valence-corrected chi connectivity index (χ0v) is 22.4. The molecule has 3 heterocycles. The summed E-state index contributed by atoms with van der Waals surface area (Å²) in [6, 6.07) is 45.6. The fraction of sp³-hybridized carbons (Fsp3) is 0. The second-order valence-electron chi connectivity index (χ2n) is 10.5. The second kappa shape index (κ2) is 8.85. The van der Waals surface area contributed by atoms with Crippen molar-refractivity contribution in [2.75, 3.05) is 0 Å². The molecule has 0 amide bonds. The van der Waals surface area contributed by atoms with Crippen LogP contribution in [0.25, 0.3) is 83.2 Å². The van der Waals surface area contributed by atoms with Crippen LogP contribution in [0.15, 0.2) is 138 Å². The molecule has 0 aliphatic carbocycles. The smallest absolute Gasteiger partial charge is 0.238 e. The lowest BCUT2D eigenvalue weighted by Gasteiger charge is -2.11. The molecule has 0 bridgehead atoms. The van der Waals surface area contributed by atoms with Gasteiger partial charge in [-0.05, 0) is 29.0 Å². The monoisotopic (exact) mass is 538 g/mol. The van der Waals surface area contributed by atoms with E-state index in [9.17, 15) is 0 Å². The van der Waals surface area contributed by atoms with E-state index in [0.29, 0.717) is 17.6 Å². The van der Waals surface area contributed by atoms with Crippen molar-refractivity contribution < 1.29 is 4.42 Å². The molecule has 9 aromatic rings. The number of rotatable bonds is 3. The average Bonchev–Trinajstić information content (AvgIpc) is 3.61. The Balaban J connectivity index is 1.48. The zero-order chi connectivity index (χ0) is 27.6. The van der Waals surface area contributed by atoms with Gasteiger partial charge in [0, 0.05) is 32.7 Å². The fourth-order valence-corrected chi connectivity index (χ4v) is 6.15. The number of benzene rings is 6. The molecule has 0 saturated heterocycles. The largest absolute Gasteiger partial charge is 0.454 e. The molecule has 0 fully saturated rings. The van der Waals surface area contributed by atoms with Crippen molar-refractivity contribution in [3.8, 4) is 28.7 Å². The molecule has 0 aliphatic heterocycles. The highest BCUT2D eigenvalue weighted by molar-refractivity contribution is 6.27. The summed E-state index contributed by atoms with van der Waals surface area (Å²) in [6.45, 7) is 0. The van der Waals surface area contributed by atoms with Crippen molar-refractivity contribution in [1.82, 2.24) is 19.5 Å². The average molecular weight is 539 g/mol. The predicted octanol–water partition coefficient (Wildman–Crippen LogP) is 9.36. The van der Waals surface area contributed by atoms with Gasteiger partial charge in [-0.15, -0.1) is 0 Å². The minimum atomic E-state index is 0.547. The van der Waals surface area contributed by atoms with Gasteiger partial charge >= 0.3 is 0 Å². The third-order valence-corrected chi connectivity index (χ3v) is 8.05. The molecule has 0 radical (unpaired) electrons. The molecule has 0 aliphatic rings. The van der Waals surface area contributed by atoms with Crippen LogP contribution in [0.4, 0.5) is 0 Å². The van der Waals surface area contributed by atoms with E-state index < -0.39 is 0 Å². The number of hydrogen-bond donors (Lipinski definition) is 0. The minimum absolute atomic E-state index is 0.547. The third-order valence-electron chi connectivity index (χ3n) is 8.05. The van der Waals surface area contributed by atoms with E-state index in [1.807, 2.05) is 72.8 Å². The summed E-state index contributed by atoms with van der Waals surface area (Å²) in [7, 11) is 0. The third kappa shape index (κ3) is 3.34. The molecule has 0 spiro atoms. The van der Waals surface area contributed by atoms with Crippen molar-refractivity contribution in [3.05, 3.63) is 133 Å². The van der Waals surface area contributed by atoms with Gasteiger partial charge in [0.15, 0.2) is 17.2 Å². The van der Waals surface area contributed by atoms with Gasteiger partial charge in [0.1, 0.15) is 11.1 Å². The molecule has 3 aromatic heterocycles. The molecular weight excluding hydrogens is 516 g/mol. The van der Waals surface area contributed by atoms with Gasteiger partial charge in [-0.1, -0.05) is 115 Å². The highest BCUT2D eigenvalue weighted by atomic mass is 16.3. The standard InChI is InChI=1S/C37H22N4O/c1-3-12-24(13-4-1)35-38-36(25-14-5-2-6-15-25)40-37(39-35)41-30-22-19-23-11-7-8-16-26(23)32(30)29-21-20-28-27-17-9-10-18-31(27)42-34(28)33(29)41/h1-22H. The van der Waals surface area contributed by atoms with Crippen molar-refractivity contribution in [1.29, 1.82) is 0 Å². The summed E-state index contributed by atoms with van der Waals surface area (Å²) in [5.74, 6) is 1.78. The van der Waals surface area contributed by atoms with Crippen LogP contribution in [0.1, 0.15) is 0 Å². The molecule has 6 aromatic carbocycles. The van der Waals surface area contributed by atoms with Gasteiger partial charge < -0.3 is 4.42 Å². The van der Waals surface area contributed by atoms with Crippen LogP contribution in [0, 0.1) is 0 Å². The molecule has 42 heavy (non-hydrogen) atoms. The SMILES string of the molecule is c1ccc(-c2nc(-c3ccccc3)nc(-n3c4ccc5ccccc5c4c4ccc5c6ccccc6oc5c43)n2)cc1. The van der Waals surface area contributed by atoms with Crippen molar-refractivity contribution in [2.24, 2.45) is 0 Å². The summed E-state index contributed by atoms with van der Waals surface area (Å²) in [4.78, 5) is 15.2. The molecular formula is C37H22N4O. The number of fused-ring (bicyclic) bond motifs is 9.